The third kappa shape index (κ3) is 6.19. The van der Waals surface area contributed by atoms with Crippen molar-refractivity contribution in [1.29, 1.82) is 0 Å². The van der Waals surface area contributed by atoms with Gasteiger partial charge in [-0.3, -0.25) is 0 Å². The van der Waals surface area contributed by atoms with Crippen LogP contribution in [0.4, 0.5) is 5.82 Å². The zero-order chi connectivity index (χ0) is 20.5. The van der Waals surface area contributed by atoms with E-state index in [9.17, 15) is 0 Å². The molecule has 1 aliphatic heterocycles. The lowest BCUT2D eigenvalue weighted by molar-refractivity contribution is 0.345. The van der Waals surface area contributed by atoms with Crippen LogP contribution >= 0.6 is 0 Å². The number of aliphatic imine (C=N–C) groups is 1. The van der Waals surface area contributed by atoms with E-state index in [2.05, 4.69) is 76.2 Å². The number of aromatic nitrogens is 1. The van der Waals surface area contributed by atoms with Crippen LogP contribution < -0.4 is 10.2 Å². The van der Waals surface area contributed by atoms with Gasteiger partial charge in [0.2, 0.25) is 0 Å². The second-order valence-corrected chi connectivity index (χ2v) is 7.48. The second-order valence-electron chi connectivity index (χ2n) is 7.48. The minimum atomic E-state index is 0.701. The molecule has 3 rings (SSSR count). The predicted octanol–water partition coefficient (Wildman–Crippen LogP) is 2.82. The molecule has 2 aromatic rings. The molecule has 1 N–H and O–H groups in total. The fourth-order valence-electron chi connectivity index (χ4n) is 3.53. The number of guanidine groups is 1. The summed E-state index contributed by atoms with van der Waals surface area (Å²) in [5.74, 6) is 2.06. The monoisotopic (exact) mass is 394 g/mol. The van der Waals surface area contributed by atoms with Crippen LogP contribution in [0.3, 0.4) is 0 Å². The number of rotatable bonds is 7. The standard InChI is InChI=1S/C23H34N6/c1-4-24-23(26-18-20-9-8-10-21(17-20)19-27(3)5-2)29-15-13-28(14-16-29)22-11-6-7-12-25-22/h6-12,17H,4-5,13-16,18-19H2,1-3H3,(H,24,26). The van der Waals surface area contributed by atoms with Gasteiger partial charge in [0.1, 0.15) is 5.82 Å². The van der Waals surface area contributed by atoms with E-state index in [0.717, 1.165) is 57.6 Å². The normalized spacial score (nSPS) is 15.1. The Labute approximate surface area is 175 Å². The summed E-state index contributed by atoms with van der Waals surface area (Å²) in [6, 6.07) is 14.9. The highest BCUT2D eigenvalue weighted by Gasteiger charge is 2.20. The molecule has 1 aromatic carbocycles. The summed E-state index contributed by atoms with van der Waals surface area (Å²) in [5, 5.41) is 3.47. The van der Waals surface area contributed by atoms with Gasteiger partial charge in [0, 0.05) is 45.5 Å². The smallest absolute Gasteiger partial charge is 0.194 e. The zero-order valence-corrected chi connectivity index (χ0v) is 18.0. The second kappa shape index (κ2) is 10.8. The van der Waals surface area contributed by atoms with Crippen molar-refractivity contribution >= 4 is 11.8 Å². The number of piperazine rings is 1. The van der Waals surface area contributed by atoms with Gasteiger partial charge in [-0.1, -0.05) is 37.3 Å². The highest BCUT2D eigenvalue weighted by atomic mass is 15.4. The molecule has 0 unspecified atom stereocenters. The molecular formula is C23H34N6. The Morgan fingerprint density at radius 3 is 2.55 bits per heavy atom. The van der Waals surface area contributed by atoms with Gasteiger partial charge >= 0.3 is 0 Å². The van der Waals surface area contributed by atoms with Crippen LogP contribution in [0, 0.1) is 0 Å². The Hall–Kier alpha value is -2.60. The number of pyridine rings is 1. The quantitative estimate of drug-likeness (QED) is 0.578. The van der Waals surface area contributed by atoms with E-state index in [4.69, 9.17) is 4.99 Å². The first-order chi connectivity index (χ1) is 14.2. The summed E-state index contributed by atoms with van der Waals surface area (Å²) in [7, 11) is 2.15. The van der Waals surface area contributed by atoms with E-state index >= 15 is 0 Å². The topological polar surface area (TPSA) is 47.0 Å². The van der Waals surface area contributed by atoms with Gasteiger partial charge in [0.05, 0.1) is 6.54 Å². The summed E-state index contributed by atoms with van der Waals surface area (Å²) in [5.41, 5.74) is 2.60. The molecule has 29 heavy (non-hydrogen) atoms. The molecule has 156 valence electrons. The Kier molecular flexibility index (Phi) is 7.87. The molecule has 6 heteroatoms. The fraction of sp³-hybridized carbons (Fsp3) is 0.478. The van der Waals surface area contributed by atoms with E-state index in [1.54, 1.807) is 0 Å². The molecular weight excluding hydrogens is 360 g/mol. The van der Waals surface area contributed by atoms with Gasteiger partial charge in [-0.25, -0.2) is 9.98 Å². The molecule has 0 aliphatic carbocycles. The molecule has 0 spiro atoms. The van der Waals surface area contributed by atoms with E-state index in [0.29, 0.717) is 6.54 Å². The maximum absolute atomic E-state index is 4.93. The van der Waals surface area contributed by atoms with E-state index < -0.39 is 0 Å². The molecule has 1 saturated heterocycles. The number of hydrogen-bond acceptors (Lipinski definition) is 4. The van der Waals surface area contributed by atoms with E-state index in [1.807, 2.05) is 18.3 Å². The molecule has 0 bridgehead atoms. The van der Waals surface area contributed by atoms with Gasteiger partial charge in [-0.15, -0.1) is 0 Å². The summed E-state index contributed by atoms with van der Waals surface area (Å²) >= 11 is 0. The van der Waals surface area contributed by atoms with Gasteiger partial charge in [0.25, 0.3) is 0 Å². The summed E-state index contributed by atoms with van der Waals surface area (Å²) in [6.07, 6.45) is 1.86. The van der Waals surface area contributed by atoms with Gasteiger partial charge < -0.3 is 20.0 Å². The van der Waals surface area contributed by atoms with Crippen molar-refractivity contribution in [3.63, 3.8) is 0 Å². The molecule has 1 aromatic heterocycles. The summed E-state index contributed by atoms with van der Waals surface area (Å²) in [6.45, 7) is 11.7. The van der Waals surface area contributed by atoms with Crippen LogP contribution in [-0.2, 0) is 13.1 Å². The Bertz CT molecular complexity index is 768. The van der Waals surface area contributed by atoms with Crippen molar-refractivity contribution in [3.05, 3.63) is 59.8 Å². The van der Waals surface area contributed by atoms with Gasteiger partial charge in [-0.05, 0) is 43.8 Å². The largest absolute Gasteiger partial charge is 0.357 e. The van der Waals surface area contributed by atoms with Gasteiger partial charge in [-0.2, -0.15) is 0 Å². The first-order valence-corrected chi connectivity index (χ1v) is 10.6. The highest BCUT2D eigenvalue weighted by molar-refractivity contribution is 5.80. The Morgan fingerprint density at radius 1 is 1.07 bits per heavy atom. The minimum absolute atomic E-state index is 0.701. The SMILES string of the molecule is CCNC(=NCc1cccc(CN(C)CC)c1)N1CCN(c2ccccn2)CC1. The predicted molar refractivity (Wildman–Crippen MR) is 121 cm³/mol. The molecule has 0 amide bonds. The Morgan fingerprint density at radius 2 is 1.86 bits per heavy atom. The lowest BCUT2D eigenvalue weighted by Crippen LogP contribution is -2.52. The van der Waals surface area contributed by atoms with Crippen molar-refractivity contribution in [2.24, 2.45) is 4.99 Å². The van der Waals surface area contributed by atoms with Crippen LogP contribution in [0.5, 0.6) is 0 Å². The number of nitrogens with zero attached hydrogens (tertiary/aromatic N) is 5. The first kappa shape index (κ1) is 21.1. The van der Waals surface area contributed by atoms with Crippen molar-refractivity contribution < 1.29 is 0 Å². The molecule has 1 aliphatic rings. The maximum atomic E-state index is 4.93. The van der Waals surface area contributed by atoms with Crippen molar-refractivity contribution in [3.8, 4) is 0 Å². The van der Waals surface area contributed by atoms with Crippen molar-refractivity contribution in [2.45, 2.75) is 26.9 Å². The molecule has 2 heterocycles. The molecule has 1 fully saturated rings. The lowest BCUT2D eigenvalue weighted by atomic mass is 10.1. The van der Waals surface area contributed by atoms with E-state index in [-0.39, 0.29) is 0 Å². The molecule has 0 atom stereocenters. The lowest BCUT2D eigenvalue weighted by Gasteiger charge is -2.37. The number of benzene rings is 1. The van der Waals surface area contributed by atoms with E-state index in [1.165, 1.54) is 11.1 Å². The van der Waals surface area contributed by atoms with Crippen LogP contribution in [0.2, 0.25) is 0 Å². The average molecular weight is 395 g/mol. The molecule has 6 nitrogen and oxygen atoms in total. The van der Waals surface area contributed by atoms with Gasteiger partial charge in [0.15, 0.2) is 5.96 Å². The van der Waals surface area contributed by atoms with Crippen LogP contribution in [-0.4, -0.2) is 67.1 Å². The van der Waals surface area contributed by atoms with Crippen LogP contribution in [0.1, 0.15) is 25.0 Å². The van der Waals surface area contributed by atoms with Crippen LogP contribution in [0.15, 0.2) is 53.7 Å². The Balaban J connectivity index is 1.61. The maximum Gasteiger partial charge on any atom is 0.194 e. The van der Waals surface area contributed by atoms with Crippen molar-refractivity contribution in [2.75, 3.05) is 51.2 Å². The zero-order valence-electron chi connectivity index (χ0n) is 18.0. The van der Waals surface area contributed by atoms with Crippen molar-refractivity contribution in [1.82, 2.24) is 20.1 Å². The summed E-state index contributed by atoms with van der Waals surface area (Å²) in [4.78, 5) is 16.4. The number of anilines is 1. The summed E-state index contributed by atoms with van der Waals surface area (Å²) < 4.78 is 0. The van der Waals surface area contributed by atoms with Crippen LogP contribution in [0.25, 0.3) is 0 Å². The average Bonchev–Trinajstić information content (AvgIpc) is 2.77. The number of hydrogen-bond donors (Lipinski definition) is 1. The number of nitrogens with one attached hydrogen (secondary N) is 1. The first-order valence-electron chi connectivity index (χ1n) is 10.6. The third-order valence-electron chi connectivity index (χ3n) is 5.28. The minimum Gasteiger partial charge on any atom is -0.357 e. The highest BCUT2D eigenvalue weighted by Crippen LogP contribution is 2.13. The third-order valence-corrected chi connectivity index (χ3v) is 5.28. The fourth-order valence-corrected chi connectivity index (χ4v) is 3.53. The molecule has 0 saturated carbocycles. The molecule has 0 radical (unpaired) electrons.